The van der Waals surface area contributed by atoms with Crippen molar-refractivity contribution in [2.45, 2.75) is 43.7 Å². The van der Waals surface area contributed by atoms with Crippen LogP contribution in [-0.2, 0) is 4.74 Å². The Hall–Kier alpha value is -2.69. The second kappa shape index (κ2) is 6.43. The van der Waals surface area contributed by atoms with Crippen LogP contribution in [0.4, 0.5) is 4.79 Å². The highest BCUT2D eigenvalue weighted by molar-refractivity contribution is 5.85. The highest BCUT2D eigenvalue weighted by Gasteiger charge is 2.53. The van der Waals surface area contributed by atoms with Gasteiger partial charge >= 0.3 is 6.09 Å². The number of hydrogen-bond acceptors (Lipinski definition) is 4. The molecule has 1 saturated carbocycles. The minimum absolute atomic E-state index is 0.168. The number of carbonyl (C=O) groups excluding carboxylic acids is 1. The van der Waals surface area contributed by atoms with Gasteiger partial charge in [-0.05, 0) is 42.9 Å². The number of rotatable bonds is 4. The third-order valence-electron chi connectivity index (χ3n) is 6.45. The summed E-state index contributed by atoms with van der Waals surface area (Å²) < 4.78 is 17.4. The van der Waals surface area contributed by atoms with Crippen LogP contribution in [0.15, 0.2) is 36.4 Å². The lowest BCUT2D eigenvalue weighted by Crippen LogP contribution is -2.40. The van der Waals surface area contributed by atoms with Crippen molar-refractivity contribution in [3.63, 3.8) is 0 Å². The van der Waals surface area contributed by atoms with Crippen molar-refractivity contribution in [2.24, 2.45) is 0 Å². The van der Waals surface area contributed by atoms with E-state index in [9.17, 15) is 4.79 Å². The van der Waals surface area contributed by atoms with Crippen molar-refractivity contribution >= 4 is 6.09 Å². The molecule has 1 heterocycles. The summed E-state index contributed by atoms with van der Waals surface area (Å²) in [5.41, 5.74) is 3.81. The van der Waals surface area contributed by atoms with Gasteiger partial charge in [-0.2, -0.15) is 0 Å². The molecule has 1 atom stereocenters. The van der Waals surface area contributed by atoms with E-state index in [1.54, 1.807) is 14.2 Å². The Morgan fingerprint density at radius 1 is 1.04 bits per heavy atom. The molecule has 1 unspecified atom stereocenters. The summed E-state index contributed by atoms with van der Waals surface area (Å²) in [6.07, 6.45) is 5.16. The number of hydrogen-bond donors (Lipinski definition) is 0. The molecular formula is C23H25NO4. The molecule has 5 rings (SSSR count). The van der Waals surface area contributed by atoms with Crippen LogP contribution in [-0.4, -0.2) is 37.4 Å². The van der Waals surface area contributed by atoms with Gasteiger partial charge in [0.2, 0.25) is 0 Å². The first-order valence-corrected chi connectivity index (χ1v) is 10.0. The lowest BCUT2D eigenvalue weighted by atomic mass is 9.76. The summed E-state index contributed by atoms with van der Waals surface area (Å²) in [6, 6.07) is 12.1. The monoisotopic (exact) mass is 379 g/mol. The van der Waals surface area contributed by atoms with Crippen molar-refractivity contribution < 1.29 is 19.0 Å². The van der Waals surface area contributed by atoms with Crippen LogP contribution in [0.3, 0.4) is 0 Å². The fourth-order valence-corrected chi connectivity index (χ4v) is 5.12. The zero-order valence-electron chi connectivity index (χ0n) is 16.4. The summed E-state index contributed by atoms with van der Waals surface area (Å²) in [6.45, 7) is 0.638. The normalized spacial score (nSPS) is 22.0. The van der Waals surface area contributed by atoms with Crippen LogP contribution in [0.5, 0.6) is 11.5 Å². The summed E-state index contributed by atoms with van der Waals surface area (Å²) in [5, 5.41) is 0. The molecule has 1 spiro atoms. The molecule has 0 N–H and O–H groups in total. The Balaban J connectivity index is 1.58. The van der Waals surface area contributed by atoms with Crippen molar-refractivity contribution in [3.8, 4) is 22.6 Å². The van der Waals surface area contributed by atoms with E-state index in [1.807, 2.05) is 23.1 Å². The predicted molar refractivity (Wildman–Crippen MR) is 106 cm³/mol. The van der Waals surface area contributed by atoms with Gasteiger partial charge in [0.1, 0.15) is 17.1 Å². The molecule has 2 bridgehead atoms. The molecule has 3 aliphatic rings. The zero-order chi connectivity index (χ0) is 19.3. The molecule has 2 fully saturated rings. The van der Waals surface area contributed by atoms with Gasteiger partial charge in [0, 0.05) is 5.56 Å². The molecule has 1 amide bonds. The molecule has 146 valence electrons. The first kappa shape index (κ1) is 17.4. The van der Waals surface area contributed by atoms with Crippen molar-refractivity contribution in [1.29, 1.82) is 0 Å². The molecule has 2 aromatic rings. The van der Waals surface area contributed by atoms with Gasteiger partial charge in [0.25, 0.3) is 0 Å². The van der Waals surface area contributed by atoms with E-state index in [0.717, 1.165) is 59.4 Å². The van der Waals surface area contributed by atoms with Crippen LogP contribution in [0.25, 0.3) is 11.1 Å². The number of amides is 1. The topological polar surface area (TPSA) is 48.0 Å². The molecule has 5 nitrogen and oxygen atoms in total. The molecule has 28 heavy (non-hydrogen) atoms. The van der Waals surface area contributed by atoms with Crippen molar-refractivity contribution in [2.75, 3.05) is 20.8 Å². The first-order valence-electron chi connectivity index (χ1n) is 10.0. The fourth-order valence-electron chi connectivity index (χ4n) is 5.12. The number of ether oxygens (including phenoxy) is 3. The van der Waals surface area contributed by atoms with Gasteiger partial charge in [0.05, 0.1) is 32.4 Å². The molecule has 1 saturated heterocycles. The average Bonchev–Trinajstić information content (AvgIpc) is 3.03. The van der Waals surface area contributed by atoms with E-state index < -0.39 is 0 Å². The van der Waals surface area contributed by atoms with Gasteiger partial charge < -0.3 is 14.2 Å². The van der Waals surface area contributed by atoms with Gasteiger partial charge in [-0.1, -0.05) is 36.8 Å². The number of carbonyl (C=O) groups is 1. The van der Waals surface area contributed by atoms with Crippen LogP contribution < -0.4 is 9.47 Å². The van der Waals surface area contributed by atoms with E-state index in [4.69, 9.17) is 14.2 Å². The van der Waals surface area contributed by atoms with Crippen molar-refractivity contribution in [3.05, 3.63) is 47.5 Å². The number of methoxy groups -OCH3 is 2. The van der Waals surface area contributed by atoms with Gasteiger partial charge in [-0.15, -0.1) is 0 Å². The highest BCUT2D eigenvalue weighted by Crippen LogP contribution is 2.59. The van der Waals surface area contributed by atoms with Gasteiger partial charge in [-0.3, -0.25) is 4.90 Å². The number of fused-ring (bicyclic) bond motifs is 2. The van der Waals surface area contributed by atoms with E-state index in [-0.39, 0.29) is 17.7 Å². The smallest absolute Gasteiger partial charge is 0.411 e. The maximum absolute atomic E-state index is 12.9. The van der Waals surface area contributed by atoms with E-state index in [2.05, 4.69) is 18.2 Å². The van der Waals surface area contributed by atoms with E-state index in [1.165, 1.54) is 6.42 Å². The Morgan fingerprint density at radius 2 is 1.79 bits per heavy atom. The van der Waals surface area contributed by atoms with E-state index >= 15 is 0 Å². The van der Waals surface area contributed by atoms with Gasteiger partial charge in [0.15, 0.2) is 0 Å². The number of benzene rings is 2. The van der Waals surface area contributed by atoms with Crippen LogP contribution >= 0.6 is 0 Å². The molecule has 1 aliphatic heterocycles. The van der Waals surface area contributed by atoms with Crippen LogP contribution in [0.2, 0.25) is 0 Å². The Labute approximate surface area is 165 Å². The van der Waals surface area contributed by atoms with Crippen LogP contribution in [0.1, 0.15) is 49.3 Å². The molecular weight excluding hydrogens is 354 g/mol. The molecule has 2 aliphatic carbocycles. The zero-order valence-corrected chi connectivity index (χ0v) is 16.4. The molecule has 0 radical (unpaired) electrons. The van der Waals surface area contributed by atoms with Crippen molar-refractivity contribution in [1.82, 2.24) is 4.90 Å². The Morgan fingerprint density at radius 3 is 2.46 bits per heavy atom. The third kappa shape index (κ3) is 2.42. The molecule has 5 heteroatoms. The lowest BCUT2D eigenvalue weighted by molar-refractivity contribution is 0.0259. The summed E-state index contributed by atoms with van der Waals surface area (Å²) in [7, 11) is 3.34. The maximum atomic E-state index is 12.9. The third-order valence-corrected chi connectivity index (χ3v) is 6.45. The summed E-state index contributed by atoms with van der Waals surface area (Å²) in [4.78, 5) is 14.8. The SMILES string of the molecule is COC1=C2C(OC)=C(C(c3ccccc3)=C1)C2N1CC2(CCCCC2)OC1=O. The fraction of sp³-hybridized carbons (Fsp3) is 0.435. The average molecular weight is 379 g/mol. The lowest BCUT2D eigenvalue weighted by Gasteiger charge is -2.40. The Bertz CT molecular complexity index is 909. The maximum Gasteiger partial charge on any atom is 0.411 e. The molecule has 2 aromatic carbocycles. The Kier molecular flexibility index (Phi) is 4.00. The standard InChI is InChI=1S/C23H25NO4/c1-26-17-13-16(15-9-5-3-6-10-15)18-20(19(17)21(18)27-2)24-14-23(28-22(24)25)11-7-4-8-12-23/h3,5-6,9-10,13,20H,4,7-8,11-12,14H2,1-2H3. The van der Waals surface area contributed by atoms with Gasteiger partial charge in [-0.25, -0.2) is 4.79 Å². The van der Waals surface area contributed by atoms with Crippen LogP contribution in [0, 0.1) is 0 Å². The highest BCUT2D eigenvalue weighted by atomic mass is 16.6. The second-order valence-corrected chi connectivity index (χ2v) is 8.00. The second-order valence-electron chi connectivity index (χ2n) is 8.00. The first-order chi connectivity index (χ1) is 13.7. The van der Waals surface area contributed by atoms with E-state index in [0.29, 0.717) is 6.54 Å². The predicted octanol–water partition coefficient (Wildman–Crippen LogP) is 4.93. The largest absolute Gasteiger partial charge is 0.496 e. The summed E-state index contributed by atoms with van der Waals surface area (Å²) >= 11 is 0. The quantitative estimate of drug-likeness (QED) is 0.756. The molecule has 0 aromatic heterocycles. The minimum Gasteiger partial charge on any atom is -0.496 e. The summed E-state index contributed by atoms with van der Waals surface area (Å²) in [5.74, 6) is 1.58. The number of nitrogens with zero attached hydrogens (tertiary/aromatic N) is 1. The minimum atomic E-state index is -0.322.